The molecule has 1 aliphatic heterocycles. The van der Waals surface area contributed by atoms with E-state index >= 15 is 0 Å². The summed E-state index contributed by atoms with van der Waals surface area (Å²) in [6, 6.07) is 4.84. The molecular formula is C15H26N4O. The number of hydrogen-bond acceptors (Lipinski definition) is 5. The first-order valence-electron chi connectivity index (χ1n) is 7.26. The molecule has 1 saturated heterocycles. The Morgan fingerprint density at radius 3 is 2.85 bits per heavy atom. The van der Waals surface area contributed by atoms with Crippen molar-refractivity contribution >= 4 is 0 Å². The summed E-state index contributed by atoms with van der Waals surface area (Å²) in [7, 11) is 5.94. The van der Waals surface area contributed by atoms with Gasteiger partial charge in [-0.1, -0.05) is 6.07 Å². The number of aromatic nitrogens is 1. The number of piperidine rings is 1. The minimum absolute atomic E-state index is 0.246. The van der Waals surface area contributed by atoms with Gasteiger partial charge in [0.05, 0.1) is 7.11 Å². The van der Waals surface area contributed by atoms with Gasteiger partial charge in [0.15, 0.2) is 0 Å². The van der Waals surface area contributed by atoms with Gasteiger partial charge in [-0.15, -0.1) is 0 Å². The van der Waals surface area contributed by atoms with Gasteiger partial charge in [0.25, 0.3) is 0 Å². The molecule has 1 fully saturated rings. The monoisotopic (exact) mass is 278 g/mol. The highest BCUT2D eigenvalue weighted by atomic mass is 16.5. The van der Waals surface area contributed by atoms with Crippen molar-refractivity contribution in [2.75, 3.05) is 40.8 Å². The molecule has 1 aromatic rings. The average Bonchev–Trinajstić information content (AvgIpc) is 2.49. The highest BCUT2D eigenvalue weighted by Crippen LogP contribution is 2.25. The second-order valence-corrected chi connectivity index (χ2v) is 5.64. The van der Waals surface area contributed by atoms with Crippen molar-refractivity contribution in [3.8, 4) is 5.88 Å². The fraction of sp³-hybridized carbons (Fsp3) is 0.667. The summed E-state index contributed by atoms with van der Waals surface area (Å²) >= 11 is 0. The van der Waals surface area contributed by atoms with Crippen molar-refractivity contribution in [1.82, 2.24) is 14.8 Å². The van der Waals surface area contributed by atoms with Crippen LogP contribution < -0.4 is 10.5 Å². The van der Waals surface area contributed by atoms with Crippen LogP contribution in [0.2, 0.25) is 0 Å². The van der Waals surface area contributed by atoms with Crippen LogP contribution in [0.4, 0.5) is 0 Å². The van der Waals surface area contributed by atoms with Gasteiger partial charge in [-0.05, 0) is 39.0 Å². The Balaban J connectivity index is 2.10. The molecule has 5 nitrogen and oxygen atoms in total. The third-order valence-corrected chi connectivity index (χ3v) is 4.18. The lowest BCUT2D eigenvalue weighted by atomic mass is 10.00. The topological polar surface area (TPSA) is 54.6 Å². The molecule has 112 valence electrons. The van der Waals surface area contributed by atoms with Crippen LogP contribution >= 0.6 is 0 Å². The van der Waals surface area contributed by atoms with E-state index in [2.05, 4.69) is 34.9 Å². The van der Waals surface area contributed by atoms with E-state index in [1.807, 2.05) is 12.3 Å². The molecule has 0 aromatic carbocycles. The fourth-order valence-corrected chi connectivity index (χ4v) is 2.89. The van der Waals surface area contributed by atoms with Gasteiger partial charge in [-0.2, -0.15) is 0 Å². The van der Waals surface area contributed by atoms with E-state index in [9.17, 15) is 0 Å². The van der Waals surface area contributed by atoms with Gasteiger partial charge in [0.1, 0.15) is 0 Å². The predicted molar refractivity (Wildman–Crippen MR) is 80.9 cm³/mol. The summed E-state index contributed by atoms with van der Waals surface area (Å²) in [6.07, 6.45) is 4.38. The van der Waals surface area contributed by atoms with E-state index in [4.69, 9.17) is 10.5 Å². The number of rotatable bonds is 5. The molecule has 0 spiro atoms. The van der Waals surface area contributed by atoms with Crippen LogP contribution in [0.5, 0.6) is 5.88 Å². The van der Waals surface area contributed by atoms with Crippen LogP contribution in [0.3, 0.4) is 0 Å². The third kappa shape index (κ3) is 3.48. The van der Waals surface area contributed by atoms with Crippen molar-refractivity contribution in [3.63, 3.8) is 0 Å². The van der Waals surface area contributed by atoms with Gasteiger partial charge in [0, 0.05) is 37.4 Å². The molecule has 0 bridgehead atoms. The standard InChI is InChI=1S/C15H26N4O/c1-18(2)13-5-4-8-19(11-13)14(9-16)12-6-7-15(20-3)17-10-12/h6-7,10,13-14H,4-5,8-9,11,16H2,1-3H3. The number of pyridine rings is 1. The van der Waals surface area contributed by atoms with Gasteiger partial charge in [0.2, 0.25) is 5.88 Å². The second kappa shape index (κ2) is 7.02. The predicted octanol–water partition coefficient (Wildman–Crippen LogP) is 1.12. The fourth-order valence-electron chi connectivity index (χ4n) is 2.89. The largest absolute Gasteiger partial charge is 0.481 e. The average molecular weight is 278 g/mol. The zero-order valence-corrected chi connectivity index (χ0v) is 12.7. The minimum Gasteiger partial charge on any atom is -0.481 e. The Morgan fingerprint density at radius 1 is 1.50 bits per heavy atom. The number of nitrogens with zero attached hydrogens (tertiary/aromatic N) is 3. The van der Waals surface area contributed by atoms with Crippen LogP contribution in [0, 0.1) is 0 Å². The van der Waals surface area contributed by atoms with Crippen LogP contribution in [0.25, 0.3) is 0 Å². The Bertz CT molecular complexity index is 407. The minimum atomic E-state index is 0.246. The summed E-state index contributed by atoms with van der Waals surface area (Å²) in [5.74, 6) is 0.648. The maximum Gasteiger partial charge on any atom is 0.212 e. The molecule has 20 heavy (non-hydrogen) atoms. The molecule has 2 rings (SSSR count). The summed E-state index contributed by atoms with van der Waals surface area (Å²) in [5, 5.41) is 0. The highest BCUT2D eigenvalue weighted by Gasteiger charge is 2.27. The van der Waals surface area contributed by atoms with Crippen molar-refractivity contribution < 1.29 is 4.74 Å². The van der Waals surface area contributed by atoms with Crippen LogP contribution in [0.1, 0.15) is 24.4 Å². The Hall–Kier alpha value is -1.17. The summed E-state index contributed by atoms with van der Waals surface area (Å²) in [6.45, 7) is 2.80. The summed E-state index contributed by atoms with van der Waals surface area (Å²) in [4.78, 5) is 9.10. The van der Waals surface area contributed by atoms with Crippen molar-refractivity contribution in [1.29, 1.82) is 0 Å². The molecule has 0 amide bonds. The molecular weight excluding hydrogens is 252 g/mol. The first kappa shape index (κ1) is 15.2. The SMILES string of the molecule is COc1ccc(C(CN)N2CCCC(N(C)C)C2)cn1. The lowest BCUT2D eigenvalue weighted by Crippen LogP contribution is -2.47. The van der Waals surface area contributed by atoms with E-state index in [1.165, 1.54) is 18.4 Å². The van der Waals surface area contributed by atoms with Crippen molar-refractivity contribution in [3.05, 3.63) is 23.9 Å². The molecule has 2 unspecified atom stereocenters. The summed E-state index contributed by atoms with van der Waals surface area (Å²) in [5.41, 5.74) is 7.19. The molecule has 2 heterocycles. The molecule has 2 N–H and O–H groups in total. The zero-order valence-electron chi connectivity index (χ0n) is 12.7. The van der Waals surface area contributed by atoms with Crippen molar-refractivity contribution in [2.45, 2.75) is 24.9 Å². The Kier molecular flexibility index (Phi) is 5.34. The van der Waals surface area contributed by atoms with E-state index in [0.717, 1.165) is 13.1 Å². The van der Waals surface area contributed by atoms with Crippen molar-refractivity contribution in [2.24, 2.45) is 5.73 Å². The number of nitrogens with two attached hydrogens (primary N) is 1. The molecule has 2 atom stereocenters. The number of ether oxygens (including phenoxy) is 1. The number of hydrogen-bond donors (Lipinski definition) is 1. The molecule has 0 aliphatic carbocycles. The lowest BCUT2D eigenvalue weighted by Gasteiger charge is -2.40. The van der Waals surface area contributed by atoms with Gasteiger partial charge in [-0.3, -0.25) is 4.90 Å². The summed E-state index contributed by atoms with van der Waals surface area (Å²) < 4.78 is 5.11. The number of methoxy groups -OCH3 is 1. The van der Waals surface area contributed by atoms with E-state index < -0.39 is 0 Å². The normalized spacial score (nSPS) is 21.9. The van der Waals surface area contributed by atoms with Crippen LogP contribution in [0.15, 0.2) is 18.3 Å². The smallest absolute Gasteiger partial charge is 0.212 e. The van der Waals surface area contributed by atoms with Gasteiger partial charge >= 0.3 is 0 Å². The van der Waals surface area contributed by atoms with E-state index in [0.29, 0.717) is 18.5 Å². The number of likely N-dealkylation sites (N-methyl/N-ethyl adjacent to an activating group) is 1. The van der Waals surface area contributed by atoms with Gasteiger partial charge < -0.3 is 15.4 Å². The third-order valence-electron chi connectivity index (χ3n) is 4.18. The van der Waals surface area contributed by atoms with Crippen LogP contribution in [-0.4, -0.2) is 61.7 Å². The molecule has 1 aliphatic rings. The lowest BCUT2D eigenvalue weighted by molar-refractivity contribution is 0.0982. The van der Waals surface area contributed by atoms with Gasteiger partial charge in [-0.25, -0.2) is 4.98 Å². The molecule has 5 heteroatoms. The van der Waals surface area contributed by atoms with E-state index in [1.54, 1.807) is 7.11 Å². The molecule has 0 saturated carbocycles. The maximum atomic E-state index is 6.01. The maximum absolute atomic E-state index is 6.01. The second-order valence-electron chi connectivity index (χ2n) is 5.64. The zero-order chi connectivity index (χ0) is 14.5. The Labute approximate surface area is 121 Å². The number of likely N-dealkylation sites (tertiary alicyclic amines) is 1. The Morgan fingerprint density at radius 2 is 2.30 bits per heavy atom. The highest BCUT2D eigenvalue weighted by molar-refractivity contribution is 5.21. The molecule has 1 aromatic heterocycles. The van der Waals surface area contributed by atoms with Crippen LogP contribution in [-0.2, 0) is 0 Å². The first-order valence-corrected chi connectivity index (χ1v) is 7.26. The first-order chi connectivity index (χ1) is 9.65. The molecule has 0 radical (unpaired) electrons. The quantitative estimate of drug-likeness (QED) is 0.874. The van der Waals surface area contributed by atoms with E-state index in [-0.39, 0.29) is 6.04 Å².